The van der Waals surface area contributed by atoms with Crippen molar-refractivity contribution in [3.63, 3.8) is 0 Å². The van der Waals surface area contributed by atoms with E-state index in [9.17, 15) is 4.39 Å². The molecule has 0 aliphatic heterocycles. The molecule has 1 aromatic rings. The van der Waals surface area contributed by atoms with Crippen molar-refractivity contribution in [2.45, 2.75) is 26.2 Å². The molecule has 0 spiro atoms. The molecular formula is C12H15F. The van der Waals surface area contributed by atoms with Gasteiger partial charge in [0.25, 0.3) is 0 Å². The van der Waals surface area contributed by atoms with Crippen LogP contribution in [0.1, 0.15) is 25.3 Å². The summed E-state index contributed by atoms with van der Waals surface area (Å²) in [5, 5.41) is 0. The predicted octanol–water partition coefficient (Wildman–Crippen LogP) is 3.88. The second-order valence-corrected chi connectivity index (χ2v) is 3.03. The molecule has 0 N–H and O–H groups in total. The van der Waals surface area contributed by atoms with Gasteiger partial charge in [-0.1, -0.05) is 43.3 Å². The minimum Gasteiger partial charge on any atom is -0.212 e. The Bertz CT molecular complexity index is 262. The van der Waals surface area contributed by atoms with Crippen molar-refractivity contribution in [2.24, 2.45) is 0 Å². The highest BCUT2D eigenvalue weighted by Crippen LogP contribution is 2.07. The first-order valence-corrected chi connectivity index (χ1v) is 4.71. The average Bonchev–Trinajstić information content (AvgIpc) is 2.19. The van der Waals surface area contributed by atoms with Crippen molar-refractivity contribution in [2.75, 3.05) is 0 Å². The third-order valence-corrected chi connectivity index (χ3v) is 1.98. The zero-order valence-corrected chi connectivity index (χ0v) is 7.96. The SMILES string of the molecule is CC/C(F)=C/CCc1ccccc1. The van der Waals surface area contributed by atoms with Gasteiger partial charge in [0.1, 0.15) is 0 Å². The quantitative estimate of drug-likeness (QED) is 0.656. The minimum absolute atomic E-state index is 0.00377. The Morgan fingerprint density at radius 1 is 1.31 bits per heavy atom. The molecule has 0 saturated carbocycles. The molecule has 0 atom stereocenters. The molecule has 0 saturated heterocycles. The van der Waals surface area contributed by atoms with Gasteiger partial charge in [-0.05, 0) is 24.8 Å². The Morgan fingerprint density at radius 3 is 2.62 bits per heavy atom. The lowest BCUT2D eigenvalue weighted by Gasteiger charge is -1.96. The van der Waals surface area contributed by atoms with Gasteiger partial charge in [0.15, 0.2) is 0 Å². The molecule has 70 valence electrons. The maximum Gasteiger partial charge on any atom is 0.0957 e. The van der Waals surface area contributed by atoms with E-state index >= 15 is 0 Å². The molecule has 1 rings (SSSR count). The van der Waals surface area contributed by atoms with Crippen LogP contribution >= 0.6 is 0 Å². The van der Waals surface area contributed by atoms with E-state index in [1.807, 2.05) is 25.1 Å². The van der Waals surface area contributed by atoms with Crippen LogP contribution < -0.4 is 0 Å². The zero-order valence-electron chi connectivity index (χ0n) is 7.96. The molecule has 0 nitrogen and oxygen atoms in total. The highest BCUT2D eigenvalue weighted by atomic mass is 19.1. The van der Waals surface area contributed by atoms with Crippen molar-refractivity contribution in [1.82, 2.24) is 0 Å². The summed E-state index contributed by atoms with van der Waals surface area (Å²) >= 11 is 0. The molecule has 0 aromatic heterocycles. The van der Waals surface area contributed by atoms with Crippen molar-refractivity contribution >= 4 is 0 Å². The van der Waals surface area contributed by atoms with E-state index in [1.165, 1.54) is 5.56 Å². The number of aryl methyl sites for hydroxylation is 1. The number of halogens is 1. The van der Waals surface area contributed by atoms with Gasteiger partial charge in [-0.3, -0.25) is 0 Å². The van der Waals surface area contributed by atoms with E-state index in [0.717, 1.165) is 12.8 Å². The van der Waals surface area contributed by atoms with Crippen LogP contribution in [0.15, 0.2) is 42.2 Å². The number of allylic oxidation sites excluding steroid dienone is 2. The minimum atomic E-state index is -0.00377. The summed E-state index contributed by atoms with van der Waals surface area (Å²) in [6.07, 6.45) is 3.90. The summed E-state index contributed by atoms with van der Waals surface area (Å²) in [5.74, 6) is -0.00377. The average molecular weight is 178 g/mol. The smallest absolute Gasteiger partial charge is 0.0957 e. The second-order valence-electron chi connectivity index (χ2n) is 3.03. The predicted molar refractivity (Wildman–Crippen MR) is 54.2 cm³/mol. The molecule has 0 fully saturated rings. The summed E-state index contributed by atoms with van der Waals surface area (Å²) in [7, 11) is 0. The lowest BCUT2D eigenvalue weighted by Crippen LogP contribution is -1.82. The van der Waals surface area contributed by atoms with Crippen LogP contribution in [0.5, 0.6) is 0 Å². The van der Waals surface area contributed by atoms with Crippen LogP contribution in [-0.4, -0.2) is 0 Å². The third-order valence-electron chi connectivity index (χ3n) is 1.98. The van der Waals surface area contributed by atoms with E-state index < -0.39 is 0 Å². The van der Waals surface area contributed by atoms with Gasteiger partial charge in [-0.2, -0.15) is 0 Å². The van der Waals surface area contributed by atoms with Gasteiger partial charge in [0, 0.05) is 0 Å². The Balaban J connectivity index is 2.36. The molecule has 0 bridgehead atoms. The maximum absolute atomic E-state index is 12.7. The molecule has 0 amide bonds. The number of hydrogen-bond acceptors (Lipinski definition) is 0. The standard InChI is InChI=1S/C12H15F/c1-2-12(13)10-6-9-11-7-4-3-5-8-11/h3-5,7-8,10H,2,6,9H2,1H3/b12-10-. The topological polar surface area (TPSA) is 0 Å². The summed E-state index contributed by atoms with van der Waals surface area (Å²) in [4.78, 5) is 0. The van der Waals surface area contributed by atoms with Gasteiger partial charge in [0.05, 0.1) is 5.83 Å². The van der Waals surface area contributed by atoms with E-state index in [4.69, 9.17) is 0 Å². The normalized spacial score (nSPS) is 11.7. The van der Waals surface area contributed by atoms with Crippen LogP contribution in [-0.2, 0) is 6.42 Å². The first-order valence-electron chi connectivity index (χ1n) is 4.71. The molecule has 0 unspecified atom stereocenters. The third kappa shape index (κ3) is 3.88. The van der Waals surface area contributed by atoms with Crippen molar-refractivity contribution < 1.29 is 4.39 Å². The van der Waals surface area contributed by atoms with Gasteiger partial charge in [0.2, 0.25) is 0 Å². The van der Waals surface area contributed by atoms with Crippen molar-refractivity contribution in [3.05, 3.63) is 47.8 Å². The fourth-order valence-electron chi connectivity index (χ4n) is 1.18. The van der Waals surface area contributed by atoms with Crippen molar-refractivity contribution in [3.8, 4) is 0 Å². The summed E-state index contributed by atoms with van der Waals surface area (Å²) < 4.78 is 12.7. The Morgan fingerprint density at radius 2 is 2.00 bits per heavy atom. The number of rotatable bonds is 4. The Hall–Kier alpha value is -1.11. The second kappa shape index (κ2) is 5.52. The van der Waals surface area contributed by atoms with Crippen LogP contribution in [0.2, 0.25) is 0 Å². The molecule has 1 aromatic carbocycles. The maximum atomic E-state index is 12.7. The zero-order chi connectivity index (χ0) is 9.52. The molecule has 0 aliphatic rings. The van der Waals surface area contributed by atoms with Crippen LogP contribution in [0.3, 0.4) is 0 Å². The summed E-state index contributed by atoms with van der Waals surface area (Å²) in [5.41, 5.74) is 1.27. The Labute approximate surface area is 79.1 Å². The first-order chi connectivity index (χ1) is 6.33. The van der Waals surface area contributed by atoms with Crippen LogP contribution in [0, 0.1) is 0 Å². The molecule has 0 radical (unpaired) electrons. The van der Waals surface area contributed by atoms with E-state index in [0.29, 0.717) is 6.42 Å². The van der Waals surface area contributed by atoms with Gasteiger partial charge in [-0.25, -0.2) is 4.39 Å². The van der Waals surface area contributed by atoms with Gasteiger partial charge < -0.3 is 0 Å². The monoisotopic (exact) mass is 178 g/mol. The van der Waals surface area contributed by atoms with E-state index in [1.54, 1.807) is 6.08 Å². The molecule has 0 heterocycles. The van der Waals surface area contributed by atoms with Crippen LogP contribution in [0.4, 0.5) is 4.39 Å². The van der Waals surface area contributed by atoms with Gasteiger partial charge >= 0.3 is 0 Å². The van der Waals surface area contributed by atoms with E-state index in [2.05, 4.69) is 12.1 Å². The molecule has 13 heavy (non-hydrogen) atoms. The largest absolute Gasteiger partial charge is 0.212 e. The van der Waals surface area contributed by atoms with Crippen LogP contribution in [0.25, 0.3) is 0 Å². The van der Waals surface area contributed by atoms with E-state index in [-0.39, 0.29) is 5.83 Å². The number of hydrogen-bond donors (Lipinski definition) is 0. The highest BCUT2D eigenvalue weighted by Gasteiger charge is 1.91. The Kier molecular flexibility index (Phi) is 4.24. The van der Waals surface area contributed by atoms with Gasteiger partial charge in [-0.15, -0.1) is 0 Å². The fraction of sp³-hybridized carbons (Fsp3) is 0.333. The highest BCUT2D eigenvalue weighted by molar-refractivity contribution is 5.15. The molecular weight excluding hydrogens is 163 g/mol. The molecule has 0 aliphatic carbocycles. The number of benzene rings is 1. The van der Waals surface area contributed by atoms with Crippen molar-refractivity contribution in [1.29, 1.82) is 0 Å². The summed E-state index contributed by atoms with van der Waals surface area (Å²) in [6.45, 7) is 1.83. The first kappa shape index (κ1) is 9.97. The molecule has 1 heteroatoms. The summed E-state index contributed by atoms with van der Waals surface area (Å²) in [6, 6.07) is 10.1. The lowest BCUT2D eigenvalue weighted by molar-refractivity contribution is 0.597. The fourth-order valence-corrected chi connectivity index (χ4v) is 1.18. The lowest BCUT2D eigenvalue weighted by atomic mass is 10.1.